The lowest BCUT2D eigenvalue weighted by molar-refractivity contribution is -0.870. The number of hydrogen-bond donors (Lipinski definition) is 1. The first-order valence-corrected chi connectivity index (χ1v) is 34.7. The molecule has 0 bridgehead atoms. The van der Waals surface area contributed by atoms with Crippen LogP contribution >= 0.6 is 7.82 Å². The lowest BCUT2D eigenvalue weighted by Crippen LogP contribution is -2.47. The predicted molar refractivity (Wildman–Crippen MR) is 339 cm³/mol. The van der Waals surface area contributed by atoms with Crippen molar-refractivity contribution in [3.8, 4) is 0 Å². The van der Waals surface area contributed by atoms with Crippen LogP contribution in [-0.2, 0) is 27.9 Å². The minimum atomic E-state index is -4.70. The first-order valence-electron chi connectivity index (χ1n) is 33.2. The van der Waals surface area contributed by atoms with Gasteiger partial charge in [-0.1, -0.05) is 261 Å². The van der Waals surface area contributed by atoms with Gasteiger partial charge in [0, 0.05) is 12.8 Å². The van der Waals surface area contributed by atoms with E-state index in [1.165, 1.54) is 167 Å². The Balaban J connectivity index is 5.13. The number of carbonyl (C=O) groups excluding carboxylic acids is 2. The Morgan fingerprint density at radius 3 is 1.18 bits per heavy atom. The van der Waals surface area contributed by atoms with Gasteiger partial charge in [-0.3, -0.25) is 14.2 Å². The van der Waals surface area contributed by atoms with E-state index in [2.05, 4.69) is 86.8 Å². The highest BCUT2D eigenvalue weighted by molar-refractivity contribution is 7.45. The molecule has 0 heterocycles. The number of hydrogen-bond acceptors (Lipinski definition) is 7. The minimum absolute atomic E-state index is 0.0255. The molecular formula is C69H127N2O7P. The molecule has 0 aliphatic carbocycles. The topological polar surface area (TPSA) is 114 Å². The van der Waals surface area contributed by atoms with Crippen LogP contribution in [0.2, 0.25) is 0 Å². The fourth-order valence-corrected chi connectivity index (χ4v) is 10.2. The van der Waals surface area contributed by atoms with Gasteiger partial charge in [-0.05, 0) is 102 Å². The Morgan fingerprint density at radius 1 is 0.443 bits per heavy atom. The molecule has 9 nitrogen and oxygen atoms in total. The van der Waals surface area contributed by atoms with Gasteiger partial charge in [0.1, 0.15) is 19.3 Å². The van der Waals surface area contributed by atoms with Crippen molar-refractivity contribution in [1.82, 2.24) is 5.32 Å². The zero-order valence-corrected chi connectivity index (χ0v) is 53.5. The SMILES string of the molecule is CCCCC/C=C\C/C=C\C/C=C\CCCCCCCCCCCCC(=O)NC(COP(=O)([O-])OCC[N+](C)(C)C)C(/C=C\CCCCCCCCCCC)OC(=O)CCCCCCCCCCC/C=C\C/C=C\CCCCC. The number of amides is 1. The number of nitrogens with zero attached hydrogens (tertiary/aromatic N) is 1. The molecule has 0 aliphatic rings. The summed E-state index contributed by atoms with van der Waals surface area (Å²) in [7, 11) is 1.18. The van der Waals surface area contributed by atoms with Crippen molar-refractivity contribution in [3.05, 3.63) is 72.9 Å². The Labute approximate surface area is 489 Å². The largest absolute Gasteiger partial charge is 0.756 e. The van der Waals surface area contributed by atoms with E-state index in [9.17, 15) is 19.0 Å². The van der Waals surface area contributed by atoms with Gasteiger partial charge in [-0.2, -0.15) is 0 Å². The van der Waals surface area contributed by atoms with E-state index < -0.39 is 26.6 Å². The predicted octanol–water partition coefficient (Wildman–Crippen LogP) is 20.2. The highest BCUT2D eigenvalue weighted by Crippen LogP contribution is 2.38. The molecule has 3 atom stereocenters. The van der Waals surface area contributed by atoms with Crippen LogP contribution in [-0.4, -0.2) is 69.4 Å². The molecular weight excluding hydrogens is 1000 g/mol. The van der Waals surface area contributed by atoms with Crippen LogP contribution in [0.1, 0.15) is 303 Å². The zero-order valence-electron chi connectivity index (χ0n) is 52.6. The fourth-order valence-electron chi connectivity index (χ4n) is 9.44. The number of carbonyl (C=O) groups is 2. The van der Waals surface area contributed by atoms with E-state index in [1.54, 1.807) is 0 Å². The molecule has 0 aromatic rings. The molecule has 1 N–H and O–H groups in total. The van der Waals surface area contributed by atoms with Crippen LogP contribution in [0.5, 0.6) is 0 Å². The third-order valence-corrected chi connectivity index (χ3v) is 15.6. The first kappa shape index (κ1) is 76.5. The highest BCUT2D eigenvalue weighted by atomic mass is 31.2. The van der Waals surface area contributed by atoms with Gasteiger partial charge >= 0.3 is 5.97 Å². The summed E-state index contributed by atoms with van der Waals surface area (Å²) in [6, 6.07) is -0.894. The third-order valence-electron chi connectivity index (χ3n) is 14.6. The Bertz CT molecular complexity index is 1580. The van der Waals surface area contributed by atoms with Crippen LogP contribution in [0.25, 0.3) is 0 Å². The average Bonchev–Trinajstić information content (AvgIpc) is 3.41. The maximum Gasteiger partial charge on any atom is 0.306 e. The lowest BCUT2D eigenvalue weighted by atomic mass is 10.0. The molecule has 0 aromatic heterocycles. The second kappa shape index (κ2) is 58.6. The summed E-state index contributed by atoms with van der Waals surface area (Å²) in [6.07, 6.45) is 75.8. The van der Waals surface area contributed by atoms with E-state index in [0.717, 1.165) is 103 Å². The minimum Gasteiger partial charge on any atom is -0.756 e. The number of unbranched alkanes of at least 4 members (excludes halogenated alkanes) is 34. The number of phosphoric ester groups is 1. The van der Waals surface area contributed by atoms with Crippen molar-refractivity contribution in [1.29, 1.82) is 0 Å². The Kier molecular flexibility index (Phi) is 56.7. The summed E-state index contributed by atoms with van der Waals surface area (Å²) in [6.45, 7) is 6.80. The normalized spacial score (nSPS) is 14.1. The van der Waals surface area contributed by atoms with Gasteiger partial charge < -0.3 is 28.5 Å². The van der Waals surface area contributed by atoms with Crippen LogP contribution in [0.15, 0.2) is 72.9 Å². The first-order chi connectivity index (χ1) is 38.4. The van der Waals surface area contributed by atoms with Crippen molar-refractivity contribution in [3.63, 3.8) is 0 Å². The molecule has 0 saturated carbocycles. The van der Waals surface area contributed by atoms with Gasteiger partial charge in [0.05, 0.1) is 33.8 Å². The number of ether oxygens (including phenoxy) is 1. The summed E-state index contributed by atoms with van der Waals surface area (Å²) in [5.74, 6) is -0.545. The molecule has 0 fully saturated rings. The highest BCUT2D eigenvalue weighted by Gasteiger charge is 2.27. The molecule has 0 rings (SSSR count). The van der Waals surface area contributed by atoms with Crippen LogP contribution in [0.4, 0.5) is 0 Å². The van der Waals surface area contributed by atoms with Gasteiger partial charge in [0.25, 0.3) is 7.82 Å². The quantitative estimate of drug-likeness (QED) is 0.0212. The van der Waals surface area contributed by atoms with Gasteiger partial charge in [-0.25, -0.2) is 0 Å². The molecule has 0 saturated heterocycles. The second-order valence-corrected chi connectivity index (χ2v) is 25.0. The van der Waals surface area contributed by atoms with Crippen molar-refractivity contribution >= 4 is 19.7 Å². The monoisotopic (exact) mass is 1130 g/mol. The number of quaternary nitrogens is 1. The van der Waals surface area contributed by atoms with Gasteiger partial charge in [0.15, 0.2) is 0 Å². The summed E-state index contributed by atoms with van der Waals surface area (Å²) in [4.78, 5) is 40.1. The van der Waals surface area contributed by atoms with E-state index in [-0.39, 0.29) is 24.9 Å². The molecule has 0 radical (unpaired) electrons. The lowest BCUT2D eigenvalue weighted by Gasteiger charge is -2.30. The third kappa shape index (κ3) is 59.9. The van der Waals surface area contributed by atoms with Gasteiger partial charge in [-0.15, -0.1) is 0 Å². The van der Waals surface area contributed by atoms with E-state index in [4.69, 9.17) is 13.8 Å². The maximum atomic E-state index is 13.6. The van der Waals surface area contributed by atoms with Crippen LogP contribution in [0.3, 0.4) is 0 Å². The zero-order chi connectivity index (χ0) is 57.9. The van der Waals surface area contributed by atoms with Crippen molar-refractivity contribution in [2.75, 3.05) is 40.9 Å². The Morgan fingerprint density at radius 2 is 0.772 bits per heavy atom. The summed E-state index contributed by atoms with van der Waals surface area (Å²) >= 11 is 0. The molecule has 79 heavy (non-hydrogen) atoms. The number of esters is 1. The molecule has 10 heteroatoms. The van der Waals surface area contributed by atoms with Crippen molar-refractivity contribution in [2.45, 2.75) is 315 Å². The number of likely N-dealkylation sites (N-methyl/N-ethyl adjacent to an activating group) is 1. The van der Waals surface area contributed by atoms with Gasteiger partial charge in [0.2, 0.25) is 5.91 Å². The molecule has 0 aliphatic heterocycles. The standard InChI is InChI=1S/C69H127N2O7P/c1-7-10-13-16-19-22-25-27-29-31-33-34-35-36-38-39-41-43-46-49-52-55-58-61-68(72)70-66(65-77-79(74,75)76-64-63-71(4,5)6)67(60-57-54-51-48-45-24-21-18-15-12-9-3)78-69(73)62-59-56-53-50-47-44-42-40-37-32-30-28-26-23-20-17-14-11-8-2/h19-20,22-23,27-30,33-34,57,60,66-67H,7-18,21,24-26,31-32,35-56,58-59,61-65H2,1-6H3,(H-,70,72,74,75)/b22-19-,23-20-,29-27-,30-28-,34-33-,60-57-. The number of allylic oxidation sites excluding steroid dienone is 11. The fraction of sp³-hybridized carbons (Fsp3) is 0.797. The second-order valence-electron chi connectivity index (χ2n) is 23.6. The average molecular weight is 1130 g/mol. The molecule has 3 unspecified atom stereocenters. The smallest absolute Gasteiger partial charge is 0.306 e. The summed E-state index contributed by atoms with van der Waals surface area (Å²) < 4.78 is 30.4. The molecule has 0 spiro atoms. The van der Waals surface area contributed by atoms with E-state index in [1.807, 2.05) is 33.3 Å². The molecule has 460 valence electrons. The summed E-state index contributed by atoms with van der Waals surface area (Å²) in [5, 5.41) is 3.03. The van der Waals surface area contributed by atoms with Crippen molar-refractivity contribution in [2.24, 2.45) is 0 Å². The number of rotatable bonds is 60. The van der Waals surface area contributed by atoms with Crippen LogP contribution in [0, 0.1) is 0 Å². The summed E-state index contributed by atoms with van der Waals surface area (Å²) in [5.41, 5.74) is 0. The maximum absolute atomic E-state index is 13.6. The Hall–Kier alpha value is -2.55. The van der Waals surface area contributed by atoms with Crippen LogP contribution < -0.4 is 10.2 Å². The van der Waals surface area contributed by atoms with E-state index >= 15 is 0 Å². The molecule has 1 amide bonds. The van der Waals surface area contributed by atoms with E-state index in [0.29, 0.717) is 17.4 Å². The number of phosphoric acid groups is 1. The van der Waals surface area contributed by atoms with Crippen molar-refractivity contribution < 1.29 is 37.3 Å². The molecule has 0 aromatic carbocycles. The number of nitrogens with one attached hydrogen (secondary N) is 1.